The summed E-state index contributed by atoms with van der Waals surface area (Å²) in [6.45, 7) is 0. The average Bonchev–Trinajstić information content (AvgIpc) is 2.45. The van der Waals surface area contributed by atoms with E-state index in [2.05, 4.69) is 31.0 Å². The summed E-state index contributed by atoms with van der Waals surface area (Å²) in [6.07, 6.45) is 3.03. The van der Waals surface area contributed by atoms with Crippen LogP contribution in [0.15, 0.2) is 17.0 Å². The van der Waals surface area contributed by atoms with Gasteiger partial charge >= 0.3 is 0 Å². The van der Waals surface area contributed by atoms with Crippen LogP contribution in [-0.4, -0.2) is 19.6 Å². The lowest BCUT2D eigenvalue weighted by molar-refractivity contribution is 0.935. The first-order valence-electron chi connectivity index (χ1n) is 2.89. The monoisotopic (exact) mass is 213 g/mol. The van der Waals surface area contributed by atoms with Gasteiger partial charge in [0.25, 0.3) is 0 Å². The Hall–Kier alpha value is -1.17. The van der Waals surface area contributed by atoms with Crippen LogP contribution in [0.25, 0.3) is 5.65 Å². The number of halogens is 1. The molecule has 0 atom stereocenters. The molecule has 2 N–H and O–H groups in total. The quantitative estimate of drug-likeness (QED) is 0.691. The highest BCUT2D eigenvalue weighted by molar-refractivity contribution is 9.10. The predicted octanol–water partition coefficient (Wildman–Crippen LogP) is 0.469. The number of anilines is 1. The lowest BCUT2D eigenvalue weighted by Crippen LogP contribution is -2.01. The van der Waals surface area contributed by atoms with Gasteiger partial charge in [0.15, 0.2) is 5.65 Å². The number of nitrogens with two attached hydrogens (primary N) is 1. The molecule has 0 saturated heterocycles. The van der Waals surface area contributed by atoms with Gasteiger partial charge in [-0.15, -0.1) is 0 Å². The molecular weight excluding hydrogens is 210 g/mol. The molecule has 0 bridgehead atoms. The van der Waals surface area contributed by atoms with E-state index in [0.29, 0.717) is 11.6 Å². The molecule has 0 fully saturated rings. The van der Waals surface area contributed by atoms with Crippen molar-refractivity contribution in [3.63, 3.8) is 0 Å². The number of hydrogen-bond donors (Lipinski definition) is 1. The normalized spacial score (nSPS) is 10.6. The van der Waals surface area contributed by atoms with Crippen LogP contribution < -0.4 is 5.73 Å². The van der Waals surface area contributed by atoms with Crippen LogP contribution in [0.3, 0.4) is 0 Å². The van der Waals surface area contributed by atoms with Crippen molar-refractivity contribution in [2.75, 3.05) is 5.73 Å². The molecule has 5 nitrogen and oxygen atoms in total. The lowest BCUT2D eigenvalue weighted by Gasteiger charge is -1.96. The first-order chi connectivity index (χ1) is 5.29. The van der Waals surface area contributed by atoms with E-state index in [-0.39, 0.29) is 0 Å². The maximum absolute atomic E-state index is 5.50. The summed E-state index contributed by atoms with van der Waals surface area (Å²) in [5.74, 6) is 0.334. The molecule has 0 aliphatic heterocycles. The second-order valence-electron chi connectivity index (χ2n) is 1.96. The van der Waals surface area contributed by atoms with Gasteiger partial charge in [0, 0.05) is 6.20 Å². The Morgan fingerprint density at radius 3 is 3.00 bits per heavy atom. The smallest absolute Gasteiger partial charge is 0.223 e. The molecule has 0 amide bonds. The Morgan fingerprint density at radius 2 is 2.27 bits per heavy atom. The third-order valence-corrected chi connectivity index (χ3v) is 1.85. The van der Waals surface area contributed by atoms with Gasteiger partial charge in [-0.2, -0.15) is 9.61 Å². The van der Waals surface area contributed by atoms with E-state index in [4.69, 9.17) is 5.73 Å². The summed E-state index contributed by atoms with van der Waals surface area (Å²) in [5, 5.41) is 3.87. The summed E-state index contributed by atoms with van der Waals surface area (Å²) in [7, 11) is 0. The van der Waals surface area contributed by atoms with Crippen molar-refractivity contribution in [1.82, 2.24) is 19.6 Å². The molecule has 0 aromatic carbocycles. The van der Waals surface area contributed by atoms with Gasteiger partial charge in [0.05, 0.1) is 4.47 Å². The number of nitrogens with zero attached hydrogens (tertiary/aromatic N) is 4. The topological polar surface area (TPSA) is 69.1 Å². The molecule has 0 aliphatic rings. The second-order valence-corrected chi connectivity index (χ2v) is 2.81. The van der Waals surface area contributed by atoms with Gasteiger partial charge in [0.2, 0.25) is 5.95 Å². The van der Waals surface area contributed by atoms with E-state index in [0.717, 1.165) is 4.47 Å². The molecule has 0 unspecified atom stereocenters. The maximum atomic E-state index is 5.50. The third kappa shape index (κ3) is 0.864. The van der Waals surface area contributed by atoms with E-state index >= 15 is 0 Å². The Morgan fingerprint density at radius 1 is 1.45 bits per heavy atom. The second kappa shape index (κ2) is 2.16. The molecule has 0 aliphatic carbocycles. The average molecular weight is 214 g/mol. The van der Waals surface area contributed by atoms with Gasteiger partial charge in [0.1, 0.15) is 6.33 Å². The fourth-order valence-corrected chi connectivity index (χ4v) is 1.18. The fourth-order valence-electron chi connectivity index (χ4n) is 0.807. The van der Waals surface area contributed by atoms with E-state index in [1.165, 1.54) is 10.8 Å². The molecule has 0 saturated carbocycles. The van der Waals surface area contributed by atoms with E-state index < -0.39 is 0 Å². The van der Waals surface area contributed by atoms with Crippen molar-refractivity contribution in [2.24, 2.45) is 0 Å². The van der Waals surface area contributed by atoms with E-state index in [1.54, 1.807) is 6.20 Å². The van der Waals surface area contributed by atoms with Crippen LogP contribution in [-0.2, 0) is 0 Å². The Kier molecular flexibility index (Phi) is 1.28. The Bertz CT molecular complexity index is 359. The first-order valence-corrected chi connectivity index (χ1v) is 3.68. The van der Waals surface area contributed by atoms with Gasteiger partial charge < -0.3 is 5.73 Å². The van der Waals surface area contributed by atoms with Crippen LogP contribution >= 0.6 is 15.9 Å². The standard InChI is InChI=1S/C5H4BrN5/c6-3-1-8-5(7)11-4(3)9-2-10-11/h1-2H,(H2,7,8). The van der Waals surface area contributed by atoms with Crippen molar-refractivity contribution in [3.05, 3.63) is 17.0 Å². The summed E-state index contributed by atoms with van der Waals surface area (Å²) < 4.78 is 2.24. The number of nitrogen functional groups attached to an aromatic ring is 1. The third-order valence-electron chi connectivity index (χ3n) is 1.29. The summed E-state index contributed by atoms with van der Waals surface area (Å²) in [6, 6.07) is 0. The summed E-state index contributed by atoms with van der Waals surface area (Å²) in [4.78, 5) is 7.83. The fraction of sp³-hybridized carbons (Fsp3) is 0. The minimum absolute atomic E-state index is 0.334. The van der Waals surface area contributed by atoms with Gasteiger partial charge in [-0.3, -0.25) is 0 Å². The van der Waals surface area contributed by atoms with Gasteiger partial charge in [-0.25, -0.2) is 9.97 Å². The molecule has 0 spiro atoms. The highest BCUT2D eigenvalue weighted by Gasteiger charge is 2.03. The van der Waals surface area contributed by atoms with E-state index in [1.807, 2.05) is 0 Å². The molecule has 56 valence electrons. The minimum atomic E-state index is 0.334. The minimum Gasteiger partial charge on any atom is -0.368 e. The van der Waals surface area contributed by atoms with Gasteiger partial charge in [-0.1, -0.05) is 0 Å². The zero-order valence-corrected chi connectivity index (χ0v) is 6.98. The number of fused-ring (bicyclic) bond motifs is 1. The zero-order chi connectivity index (χ0) is 7.84. The first kappa shape index (κ1) is 6.53. The highest BCUT2D eigenvalue weighted by Crippen LogP contribution is 2.14. The van der Waals surface area contributed by atoms with Crippen molar-refractivity contribution in [2.45, 2.75) is 0 Å². The molecule has 6 heteroatoms. The largest absolute Gasteiger partial charge is 0.368 e. The maximum Gasteiger partial charge on any atom is 0.223 e. The zero-order valence-electron chi connectivity index (χ0n) is 5.40. The van der Waals surface area contributed by atoms with Crippen molar-refractivity contribution >= 4 is 27.5 Å². The Labute approximate surface area is 70.4 Å². The van der Waals surface area contributed by atoms with Crippen molar-refractivity contribution in [3.8, 4) is 0 Å². The predicted molar refractivity (Wildman–Crippen MR) is 42.9 cm³/mol. The molecule has 2 rings (SSSR count). The number of aromatic nitrogens is 4. The molecule has 0 radical (unpaired) electrons. The van der Waals surface area contributed by atoms with Crippen LogP contribution in [0.2, 0.25) is 0 Å². The van der Waals surface area contributed by atoms with Crippen molar-refractivity contribution in [1.29, 1.82) is 0 Å². The SMILES string of the molecule is Nc1ncc(Br)c2ncnn12. The summed E-state index contributed by atoms with van der Waals surface area (Å²) >= 11 is 3.27. The Balaban J connectivity index is 2.96. The van der Waals surface area contributed by atoms with Gasteiger partial charge in [-0.05, 0) is 15.9 Å². The highest BCUT2D eigenvalue weighted by atomic mass is 79.9. The number of hydrogen-bond acceptors (Lipinski definition) is 4. The summed E-state index contributed by atoms with van der Waals surface area (Å²) in [5.41, 5.74) is 6.18. The van der Waals surface area contributed by atoms with Crippen molar-refractivity contribution < 1.29 is 0 Å². The van der Waals surface area contributed by atoms with Crippen LogP contribution in [0.1, 0.15) is 0 Å². The van der Waals surface area contributed by atoms with Crippen LogP contribution in [0.5, 0.6) is 0 Å². The molecule has 11 heavy (non-hydrogen) atoms. The molecule has 2 aromatic heterocycles. The molecule has 2 heterocycles. The molecule has 2 aromatic rings. The van der Waals surface area contributed by atoms with Crippen LogP contribution in [0, 0.1) is 0 Å². The lowest BCUT2D eigenvalue weighted by atomic mass is 10.6. The van der Waals surface area contributed by atoms with E-state index in [9.17, 15) is 0 Å². The molecular formula is C5H4BrN5. The van der Waals surface area contributed by atoms with Crippen LogP contribution in [0.4, 0.5) is 5.95 Å². The number of rotatable bonds is 0.